The van der Waals surface area contributed by atoms with E-state index >= 15 is 0 Å². The molecule has 160 valence electrons. The number of hydrogen-bond donors (Lipinski definition) is 3. The Labute approximate surface area is 166 Å². The van der Waals surface area contributed by atoms with Gasteiger partial charge in [0.2, 0.25) is 11.5 Å². The molecule has 3 rings (SSSR count). The molecule has 1 aromatic carbocycles. The van der Waals surface area contributed by atoms with Crippen LogP contribution in [0, 0.1) is 0 Å². The van der Waals surface area contributed by atoms with Crippen molar-refractivity contribution in [3.63, 3.8) is 0 Å². The van der Waals surface area contributed by atoms with E-state index in [1.807, 2.05) is 0 Å². The highest BCUT2D eigenvalue weighted by Gasteiger charge is 2.57. The number of aryl methyl sites for hydroxylation is 1. The van der Waals surface area contributed by atoms with Crippen molar-refractivity contribution in [3.8, 4) is 0 Å². The second-order valence-electron chi connectivity index (χ2n) is 6.70. The third-order valence-electron chi connectivity index (χ3n) is 4.65. The Bertz CT molecular complexity index is 1200. The molecule has 30 heavy (non-hydrogen) atoms. The number of aromatic amines is 1. The standard InChI is InChI=1S/C18H18F3N5O4/c1-25-9-8-23-16(25)17(30,18(19,20)21)6-7-22-13(27)10-26-15(29)12-5-3-2-4-11(12)14(28)24-26/h2-5,8-9,30H,6-7,10H2,1H3,(H,22,27)(H,24,28). The average Bonchev–Trinajstić information content (AvgIpc) is 3.11. The topological polar surface area (TPSA) is 122 Å². The molecule has 0 saturated carbocycles. The van der Waals surface area contributed by atoms with Crippen molar-refractivity contribution in [2.75, 3.05) is 6.54 Å². The molecule has 0 spiro atoms. The zero-order chi connectivity index (χ0) is 22.1. The third kappa shape index (κ3) is 3.85. The lowest BCUT2D eigenvalue weighted by Crippen LogP contribution is -2.47. The van der Waals surface area contributed by atoms with Crippen LogP contribution in [0.15, 0.2) is 46.2 Å². The Morgan fingerprint density at radius 2 is 1.90 bits per heavy atom. The van der Waals surface area contributed by atoms with Gasteiger partial charge in [-0.2, -0.15) is 13.2 Å². The summed E-state index contributed by atoms with van der Waals surface area (Å²) in [6.45, 7) is -1.15. The number of rotatable bonds is 6. The molecule has 9 nitrogen and oxygen atoms in total. The number of aliphatic hydroxyl groups is 1. The predicted octanol–water partition coefficient (Wildman–Crippen LogP) is 0.380. The number of alkyl halides is 3. The summed E-state index contributed by atoms with van der Waals surface area (Å²) in [5.74, 6) is -1.42. The summed E-state index contributed by atoms with van der Waals surface area (Å²) in [6.07, 6.45) is -3.55. The predicted molar refractivity (Wildman–Crippen MR) is 99.6 cm³/mol. The number of nitrogens with zero attached hydrogens (tertiary/aromatic N) is 3. The average molecular weight is 425 g/mol. The van der Waals surface area contributed by atoms with Crippen molar-refractivity contribution in [2.24, 2.45) is 7.05 Å². The molecule has 1 amide bonds. The van der Waals surface area contributed by atoms with Gasteiger partial charge in [0.05, 0.1) is 10.8 Å². The van der Waals surface area contributed by atoms with Crippen molar-refractivity contribution >= 4 is 16.7 Å². The van der Waals surface area contributed by atoms with E-state index in [0.717, 1.165) is 15.4 Å². The lowest BCUT2D eigenvalue weighted by Gasteiger charge is -2.30. The van der Waals surface area contributed by atoms with Crippen LogP contribution in [0.4, 0.5) is 13.2 Å². The van der Waals surface area contributed by atoms with Crippen LogP contribution in [-0.4, -0.2) is 43.1 Å². The number of carbonyl (C=O) groups is 1. The molecule has 0 saturated heterocycles. The van der Waals surface area contributed by atoms with Gasteiger partial charge < -0.3 is 15.0 Å². The summed E-state index contributed by atoms with van der Waals surface area (Å²) < 4.78 is 42.2. The fraction of sp³-hybridized carbons (Fsp3) is 0.333. The van der Waals surface area contributed by atoms with Crippen LogP contribution >= 0.6 is 0 Å². The molecule has 0 bridgehead atoms. The van der Waals surface area contributed by atoms with Crippen LogP contribution in [0.2, 0.25) is 0 Å². The summed E-state index contributed by atoms with van der Waals surface area (Å²) in [7, 11) is 1.31. The van der Waals surface area contributed by atoms with E-state index in [0.29, 0.717) is 0 Å². The number of amides is 1. The molecule has 0 fully saturated rings. The molecule has 0 aliphatic carbocycles. The van der Waals surface area contributed by atoms with Crippen LogP contribution in [-0.2, 0) is 24.0 Å². The van der Waals surface area contributed by atoms with E-state index in [1.165, 1.54) is 25.4 Å². The highest BCUT2D eigenvalue weighted by molar-refractivity contribution is 5.81. The maximum Gasteiger partial charge on any atom is 0.424 e. The molecule has 1 unspecified atom stereocenters. The van der Waals surface area contributed by atoms with E-state index in [-0.39, 0.29) is 10.8 Å². The maximum absolute atomic E-state index is 13.5. The van der Waals surface area contributed by atoms with Gasteiger partial charge in [-0.05, 0) is 12.1 Å². The molecule has 1 atom stereocenters. The van der Waals surface area contributed by atoms with Crippen LogP contribution in [0.3, 0.4) is 0 Å². The van der Waals surface area contributed by atoms with Gasteiger partial charge in [0.15, 0.2) is 0 Å². The van der Waals surface area contributed by atoms with E-state index in [2.05, 4.69) is 15.4 Å². The summed E-state index contributed by atoms with van der Waals surface area (Å²) >= 11 is 0. The van der Waals surface area contributed by atoms with Crippen LogP contribution in [0.5, 0.6) is 0 Å². The van der Waals surface area contributed by atoms with E-state index < -0.39 is 54.1 Å². The second-order valence-corrected chi connectivity index (χ2v) is 6.70. The highest BCUT2D eigenvalue weighted by atomic mass is 19.4. The first-order chi connectivity index (χ1) is 14.0. The number of imidazole rings is 1. The molecule has 2 heterocycles. The Morgan fingerprint density at radius 1 is 1.23 bits per heavy atom. The number of aromatic nitrogens is 4. The molecule has 3 N–H and O–H groups in total. The van der Waals surface area contributed by atoms with Gasteiger partial charge in [-0.15, -0.1) is 0 Å². The van der Waals surface area contributed by atoms with Gasteiger partial charge in [-0.3, -0.25) is 19.5 Å². The summed E-state index contributed by atoms with van der Waals surface area (Å²) in [5, 5.41) is 15.0. The fourth-order valence-electron chi connectivity index (χ4n) is 3.08. The largest absolute Gasteiger partial charge is 0.424 e. The number of fused-ring (bicyclic) bond motifs is 1. The van der Waals surface area contributed by atoms with Crippen molar-refractivity contribution in [2.45, 2.75) is 24.7 Å². The number of nitrogens with one attached hydrogen (secondary N) is 2. The SMILES string of the molecule is Cn1ccnc1C(O)(CCNC(=O)Cn1[nH]c(=O)c2ccccc2c1=O)C(F)(F)F. The molecular weight excluding hydrogens is 407 g/mol. The lowest BCUT2D eigenvalue weighted by atomic mass is 9.97. The molecule has 0 aliphatic heterocycles. The van der Waals surface area contributed by atoms with Gasteiger partial charge in [-0.1, -0.05) is 12.1 Å². The summed E-state index contributed by atoms with van der Waals surface area (Å²) in [4.78, 5) is 40.1. The van der Waals surface area contributed by atoms with Gasteiger partial charge in [0.1, 0.15) is 12.4 Å². The van der Waals surface area contributed by atoms with E-state index in [9.17, 15) is 32.7 Å². The molecule has 2 aromatic heterocycles. The first-order valence-corrected chi connectivity index (χ1v) is 8.80. The first kappa shape index (κ1) is 21.3. The molecule has 12 heteroatoms. The smallest absolute Gasteiger partial charge is 0.374 e. The minimum Gasteiger partial charge on any atom is -0.374 e. The van der Waals surface area contributed by atoms with Crippen molar-refractivity contribution in [3.05, 3.63) is 63.2 Å². The van der Waals surface area contributed by atoms with Crippen LogP contribution < -0.4 is 16.4 Å². The second kappa shape index (κ2) is 7.78. The number of H-pyrrole nitrogens is 1. The van der Waals surface area contributed by atoms with Crippen molar-refractivity contribution < 1.29 is 23.1 Å². The Hall–Kier alpha value is -3.41. The Kier molecular flexibility index (Phi) is 5.53. The van der Waals surface area contributed by atoms with E-state index in [1.54, 1.807) is 12.1 Å². The van der Waals surface area contributed by atoms with Crippen LogP contribution in [0.1, 0.15) is 12.2 Å². The van der Waals surface area contributed by atoms with E-state index in [4.69, 9.17) is 0 Å². The molecular formula is C18H18F3N5O4. The normalized spacial score (nSPS) is 13.9. The van der Waals surface area contributed by atoms with Crippen molar-refractivity contribution in [1.29, 1.82) is 0 Å². The molecule has 0 aliphatic rings. The summed E-state index contributed by atoms with van der Waals surface area (Å²) in [5.41, 5.74) is -4.48. The zero-order valence-corrected chi connectivity index (χ0v) is 15.7. The number of benzene rings is 1. The minimum atomic E-state index is -5.03. The fourth-order valence-corrected chi connectivity index (χ4v) is 3.08. The highest BCUT2D eigenvalue weighted by Crippen LogP contribution is 2.40. The molecule has 3 aromatic rings. The number of hydrogen-bond acceptors (Lipinski definition) is 5. The third-order valence-corrected chi connectivity index (χ3v) is 4.65. The lowest BCUT2D eigenvalue weighted by molar-refractivity contribution is -0.272. The summed E-state index contributed by atoms with van der Waals surface area (Å²) in [6, 6.07) is 6.02. The van der Waals surface area contributed by atoms with Gasteiger partial charge >= 0.3 is 6.18 Å². The van der Waals surface area contributed by atoms with Crippen LogP contribution in [0.25, 0.3) is 10.8 Å². The first-order valence-electron chi connectivity index (χ1n) is 8.80. The monoisotopic (exact) mass is 425 g/mol. The number of carbonyl (C=O) groups excluding carboxylic acids is 1. The van der Waals surface area contributed by atoms with Gasteiger partial charge in [0.25, 0.3) is 11.1 Å². The zero-order valence-electron chi connectivity index (χ0n) is 15.7. The molecule has 0 radical (unpaired) electrons. The number of halogens is 3. The Balaban J connectivity index is 1.73. The Morgan fingerprint density at radius 3 is 2.50 bits per heavy atom. The van der Waals surface area contributed by atoms with Gasteiger partial charge in [0, 0.05) is 32.4 Å². The maximum atomic E-state index is 13.5. The van der Waals surface area contributed by atoms with Crippen molar-refractivity contribution in [1.82, 2.24) is 24.6 Å². The minimum absolute atomic E-state index is 0.107. The quantitative estimate of drug-likeness (QED) is 0.527. The van der Waals surface area contributed by atoms with Gasteiger partial charge in [-0.25, -0.2) is 9.67 Å².